The summed E-state index contributed by atoms with van der Waals surface area (Å²) in [5.74, 6) is 2.22. The highest BCUT2D eigenvalue weighted by Gasteiger charge is 2.35. The topological polar surface area (TPSA) is 98.4 Å². The lowest BCUT2D eigenvalue weighted by Gasteiger charge is -2.42. The molecule has 298 valence electrons. The molecule has 6 heterocycles. The van der Waals surface area contributed by atoms with Crippen LogP contribution in [0.3, 0.4) is 0 Å². The van der Waals surface area contributed by atoms with E-state index in [-0.39, 0.29) is 23.1 Å². The van der Waals surface area contributed by atoms with Gasteiger partial charge in [0.25, 0.3) is 11.8 Å². The van der Waals surface area contributed by atoms with Crippen LogP contribution < -0.4 is 34.5 Å². The summed E-state index contributed by atoms with van der Waals surface area (Å²) in [5.41, 5.74) is 5.61. The molecule has 4 aromatic rings. The van der Waals surface area contributed by atoms with Crippen molar-refractivity contribution in [1.29, 1.82) is 0 Å². The molecule has 9 nitrogen and oxygen atoms in total. The van der Waals surface area contributed by atoms with Crippen LogP contribution in [0.2, 0.25) is 0 Å². The molecule has 2 amide bonds. The van der Waals surface area contributed by atoms with Gasteiger partial charge in [0, 0.05) is 10.6 Å². The van der Waals surface area contributed by atoms with Crippen LogP contribution in [0.1, 0.15) is 25.1 Å². The number of amides is 2. The number of fused-ring (bicyclic) bond motifs is 4. The highest BCUT2D eigenvalue weighted by Crippen LogP contribution is 2.50. The lowest BCUT2D eigenvalue weighted by atomic mass is 9.98. The minimum absolute atomic E-state index is 0.0950. The summed E-state index contributed by atoms with van der Waals surface area (Å²) < 4.78 is 24.7. The van der Waals surface area contributed by atoms with Gasteiger partial charge in [0.2, 0.25) is 0 Å². The molecule has 0 spiro atoms. The molecular weight excluding hydrogens is 879 g/mol. The maximum Gasteiger partial charge on any atom is 0.263 e. The van der Waals surface area contributed by atoms with Gasteiger partial charge in [-0.05, 0) is 66.0 Å². The molecule has 2 unspecified atom stereocenters. The van der Waals surface area contributed by atoms with Crippen LogP contribution in [0.15, 0.2) is 93.1 Å². The Morgan fingerprint density at radius 2 is 1.58 bits per heavy atom. The molecule has 1 saturated heterocycles. The summed E-state index contributed by atoms with van der Waals surface area (Å²) in [4.78, 5) is 33.1. The predicted molar refractivity (Wildman–Crippen MR) is 254 cm³/mol. The Hall–Kier alpha value is -4.55. The maximum absolute atomic E-state index is 12.6. The maximum atomic E-state index is 12.6. The summed E-state index contributed by atoms with van der Waals surface area (Å²) in [6.07, 6.45) is 20.6. The quantitative estimate of drug-likeness (QED) is 0.117. The van der Waals surface area contributed by atoms with E-state index in [1.165, 1.54) is 56.6 Å². The number of thioether (sulfide) groups is 3. The number of hydrogen-bond donors (Lipinski definition) is 2. The SMILES string of the molecule is CS/C(=C/c1sc(/C=C/c2ccc3c(c2)SC2C=C(/C=C/c4sc(/C=C5/SC(=S)NC5=O)c5c4OCCO5)C=CC2N3c2ccccc2)c2c1OCCO2)C(=O)NC=S. The fourth-order valence-corrected chi connectivity index (χ4v) is 12.2. The van der Waals surface area contributed by atoms with Gasteiger partial charge in [-0.25, -0.2) is 0 Å². The van der Waals surface area contributed by atoms with Gasteiger partial charge in [0.1, 0.15) is 30.7 Å². The zero-order chi connectivity index (χ0) is 40.5. The Labute approximate surface area is 372 Å². The summed E-state index contributed by atoms with van der Waals surface area (Å²) in [6.45, 7) is 1.79. The van der Waals surface area contributed by atoms with Crippen molar-refractivity contribution in [2.45, 2.75) is 16.2 Å². The van der Waals surface area contributed by atoms with Crippen LogP contribution in [-0.2, 0) is 9.59 Å². The average Bonchev–Trinajstić information content (AvgIpc) is 3.91. The molecular formula is C43H33N3O6S7. The predicted octanol–water partition coefficient (Wildman–Crippen LogP) is 9.98. The van der Waals surface area contributed by atoms with Gasteiger partial charge in [-0.3, -0.25) is 9.59 Å². The van der Waals surface area contributed by atoms with E-state index in [0.717, 1.165) is 42.0 Å². The molecule has 2 aromatic carbocycles. The molecule has 2 aromatic heterocycles. The second-order valence-electron chi connectivity index (χ2n) is 13.2. The van der Waals surface area contributed by atoms with E-state index in [0.29, 0.717) is 63.6 Å². The van der Waals surface area contributed by atoms with Crippen LogP contribution in [-0.4, -0.2) is 65.6 Å². The van der Waals surface area contributed by atoms with Gasteiger partial charge in [-0.2, -0.15) is 0 Å². The first-order valence-corrected chi connectivity index (χ1v) is 23.8. The Kier molecular flexibility index (Phi) is 11.9. The molecule has 59 heavy (non-hydrogen) atoms. The van der Waals surface area contributed by atoms with Crippen molar-refractivity contribution in [2.75, 3.05) is 37.6 Å². The molecule has 5 aliphatic rings. The lowest BCUT2D eigenvalue weighted by Crippen LogP contribution is -2.41. The smallest absolute Gasteiger partial charge is 0.263 e. The van der Waals surface area contributed by atoms with Crippen molar-refractivity contribution < 1.29 is 28.5 Å². The van der Waals surface area contributed by atoms with Crippen LogP contribution in [0, 0.1) is 0 Å². The first-order chi connectivity index (χ1) is 28.9. The number of thiophene rings is 2. The number of hydrogen-bond acceptors (Lipinski definition) is 14. The van der Waals surface area contributed by atoms with E-state index in [1.54, 1.807) is 0 Å². The Morgan fingerprint density at radius 3 is 2.25 bits per heavy atom. The standard InChI is InChI=1S/C43H33N3O6S7/c1-55-35(41(47)44-23-53)21-33-39-37(49-15-17-51-39)29(56-33)13-9-24-7-11-27-31(19-24)58-32-20-25(8-12-28(32)46(27)26-5-3-2-4-6-26)10-14-30-38-40(52-18-16-50-38)34(57-30)22-36-42(48)45-43(54)59-36/h2-14,19-23,28,32H,15-18H2,1H3,(H,44,47,53)(H,45,48,54)/b13-9+,14-10+,35-21+,36-22+. The normalized spacial score (nSPS) is 20.2. The number of anilines is 2. The molecule has 0 radical (unpaired) electrons. The summed E-state index contributed by atoms with van der Waals surface area (Å²) in [6, 6.07) is 17.2. The third-order valence-electron chi connectivity index (χ3n) is 9.57. The first kappa shape index (κ1) is 39.9. The molecule has 0 bridgehead atoms. The van der Waals surface area contributed by atoms with E-state index in [1.807, 2.05) is 36.2 Å². The number of para-hydroxylation sites is 1. The Morgan fingerprint density at radius 1 is 0.898 bits per heavy atom. The largest absolute Gasteiger partial charge is 0.485 e. The number of ether oxygens (including phenoxy) is 4. The summed E-state index contributed by atoms with van der Waals surface area (Å²) in [7, 11) is 0. The van der Waals surface area contributed by atoms with Gasteiger partial charge in [0.15, 0.2) is 23.0 Å². The van der Waals surface area contributed by atoms with Crippen molar-refractivity contribution in [2.24, 2.45) is 0 Å². The number of carbonyl (C=O) groups is 2. The molecule has 1 fully saturated rings. The van der Waals surface area contributed by atoms with E-state index in [2.05, 4.69) is 101 Å². The molecule has 1 aliphatic carbocycles. The highest BCUT2D eigenvalue weighted by atomic mass is 32.2. The van der Waals surface area contributed by atoms with Crippen LogP contribution in [0.25, 0.3) is 30.4 Å². The van der Waals surface area contributed by atoms with Crippen LogP contribution in [0.4, 0.5) is 11.4 Å². The molecule has 16 heteroatoms. The summed E-state index contributed by atoms with van der Waals surface area (Å²) >= 11 is 17.5. The number of nitrogens with one attached hydrogen (secondary N) is 2. The molecule has 4 aliphatic heterocycles. The van der Waals surface area contributed by atoms with Crippen molar-refractivity contribution in [3.05, 3.63) is 113 Å². The second-order valence-corrected chi connectivity index (χ2v) is 19.4. The van der Waals surface area contributed by atoms with Crippen LogP contribution in [0.5, 0.6) is 23.0 Å². The number of rotatable bonds is 10. The minimum atomic E-state index is -0.260. The van der Waals surface area contributed by atoms with Gasteiger partial charge < -0.3 is 34.5 Å². The fraction of sp³-hybridized carbons (Fsp3) is 0.163. The monoisotopic (exact) mass is 911 g/mol. The van der Waals surface area contributed by atoms with E-state index < -0.39 is 0 Å². The number of benzene rings is 2. The Bertz CT molecular complexity index is 2570. The van der Waals surface area contributed by atoms with Crippen molar-refractivity contribution in [3.8, 4) is 23.0 Å². The second kappa shape index (κ2) is 17.6. The van der Waals surface area contributed by atoms with Gasteiger partial charge in [-0.1, -0.05) is 90.8 Å². The van der Waals surface area contributed by atoms with Gasteiger partial charge in [-0.15, -0.1) is 46.2 Å². The molecule has 0 saturated carbocycles. The molecule has 2 N–H and O–H groups in total. The van der Waals surface area contributed by atoms with E-state index in [4.69, 9.17) is 43.4 Å². The summed E-state index contributed by atoms with van der Waals surface area (Å²) in [5, 5.41) is 5.39. The zero-order valence-electron chi connectivity index (χ0n) is 31.1. The minimum Gasteiger partial charge on any atom is -0.485 e. The highest BCUT2D eigenvalue weighted by molar-refractivity contribution is 8.26. The third-order valence-corrected chi connectivity index (χ3v) is 15.0. The number of carbonyl (C=O) groups excluding carboxylic acids is 2. The van der Waals surface area contributed by atoms with Crippen LogP contribution >= 0.6 is 82.4 Å². The Balaban J connectivity index is 1.01. The van der Waals surface area contributed by atoms with E-state index in [9.17, 15) is 9.59 Å². The number of nitrogens with zero attached hydrogens (tertiary/aromatic N) is 1. The van der Waals surface area contributed by atoms with Crippen molar-refractivity contribution >= 4 is 146 Å². The number of allylic oxidation sites excluding steroid dienone is 3. The average molecular weight is 912 g/mol. The lowest BCUT2D eigenvalue weighted by molar-refractivity contribution is -0.116. The molecule has 2 atom stereocenters. The third kappa shape index (κ3) is 8.31. The van der Waals surface area contributed by atoms with Gasteiger partial charge in [0.05, 0.1) is 51.8 Å². The molecule has 9 rings (SSSR count). The van der Waals surface area contributed by atoms with E-state index >= 15 is 0 Å². The van der Waals surface area contributed by atoms with Gasteiger partial charge >= 0.3 is 0 Å². The fourth-order valence-electron chi connectivity index (χ4n) is 6.99. The van der Waals surface area contributed by atoms with Crippen molar-refractivity contribution in [3.63, 3.8) is 0 Å². The first-order valence-electron chi connectivity index (χ1n) is 18.4. The zero-order valence-corrected chi connectivity index (χ0v) is 36.8. The number of thiocarbonyl (C=S) groups is 2. The van der Waals surface area contributed by atoms with Crippen molar-refractivity contribution in [1.82, 2.24) is 10.6 Å².